The molecule has 0 spiro atoms. The highest BCUT2D eigenvalue weighted by Crippen LogP contribution is 2.32. The fraction of sp³-hybridized carbons (Fsp3) is 0. The van der Waals surface area contributed by atoms with Crippen LogP contribution in [0, 0.1) is 10.1 Å². The minimum absolute atomic E-state index is 0.0190. The zero-order chi connectivity index (χ0) is 23.0. The summed E-state index contributed by atoms with van der Waals surface area (Å²) < 4.78 is 6.29. The molecule has 4 amide bonds. The van der Waals surface area contributed by atoms with Gasteiger partial charge in [-0.2, -0.15) is 0 Å². The van der Waals surface area contributed by atoms with Gasteiger partial charge in [0.2, 0.25) is 0 Å². The van der Waals surface area contributed by atoms with Gasteiger partial charge in [0.25, 0.3) is 17.5 Å². The summed E-state index contributed by atoms with van der Waals surface area (Å²) in [6.45, 7) is 0. The molecule has 9 nitrogen and oxygen atoms in total. The number of nitrogens with one attached hydrogen (secondary N) is 1. The Kier molecular flexibility index (Phi) is 5.64. The van der Waals surface area contributed by atoms with Gasteiger partial charge in [0.15, 0.2) is 0 Å². The minimum atomic E-state index is -0.871. The number of amides is 4. The number of hydrogen-bond donors (Lipinski definition) is 1. The molecule has 0 unspecified atom stereocenters. The van der Waals surface area contributed by atoms with Crippen LogP contribution in [0.5, 0.6) is 0 Å². The Morgan fingerprint density at radius 1 is 1.09 bits per heavy atom. The second-order valence-electron chi connectivity index (χ2n) is 6.56. The van der Waals surface area contributed by atoms with Crippen molar-refractivity contribution in [2.75, 3.05) is 4.90 Å². The van der Waals surface area contributed by atoms with E-state index < -0.39 is 22.8 Å². The SMILES string of the molecule is O=C1NC(=O)N(c2cccc(Br)c2)C(=O)/C1=C\c1ccc(-c2ccc(Cl)c([N+](=O)[O-])c2)o1. The van der Waals surface area contributed by atoms with E-state index in [1.807, 2.05) is 0 Å². The standard InChI is InChI=1S/C21H11BrClN3O6/c22-12-2-1-3-13(9-12)25-20(28)15(19(27)24-21(25)29)10-14-5-7-18(32-14)11-4-6-16(23)17(8-11)26(30)31/h1-10H,(H,24,27,29)/b15-10-. The lowest BCUT2D eigenvalue weighted by atomic mass is 10.1. The van der Waals surface area contributed by atoms with Crippen LogP contribution in [0.4, 0.5) is 16.2 Å². The van der Waals surface area contributed by atoms with Crippen LogP contribution in [0.25, 0.3) is 17.4 Å². The van der Waals surface area contributed by atoms with Crippen LogP contribution in [-0.2, 0) is 9.59 Å². The van der Waals surface area contributed by atoms with Gasteiger partial charge >= 0.3 is 6.03 Å². The van der Waals surface area contributed by atoms with E-state index in [2.05, 4.69) is 21.2 Å². The maximum absolute atomic E-state index is 12.9. The van der Waals surface area contributed by atoms with Gasteiger partial charge in [-0.05, 0) is 48.5 Å². The molecule has 32 heavy (non-hydrogen) atoms. The van der Waals surface area contributed by atoms with Gasteiger partial charge < -0.3 is 4.42 Å². The number of barbiturate groups is 1. The van der Waals surface area contributed by atoms with Crippen molar-refractivity contribution in [2.45, 2.75) is 0 Å². The molecule has 1 N–H and O–H groups in total. The van der Waals surface area contributed by atoms with Crippen LogP contribution in [-0.4, -0.2) is 22.8 Å². The maximum atomic E-state index is 12.9. The molecule has 1 aromatic heterocycles. The Morgan fingerprint density at radius 3 is 2.59 bits per heavy atom. The maximum Gasteiger partial charge on any atom is 0.335 e. The molecule has 0 saturated carbocycles. The number of nitro benzene ring substituents is 1. The lowest BCUT2D eigenvalue weighted by Gasteiger charge is -2.26. The number of rotatable bonds is 4. The van der Waals surface area contributed by atoms with Crippen molar-refractivity contribution >= 4 is 62.8 Å². The third kappa shape index (κ3) is 4.05. The number of nitro groups is 1. The smallest absolute Gasteiger partial charge is 0.335 e. The van der Waals surface area contributed by atoms with E-state index in [1.165, 1.54) is 36.4 Å². The highest BCUT2D eigenvalue weighted by atomic mass is 79.9. The number of furan rings is 1. The van der Waals surface area contributed by atoms with E-state index in [9.17, 15) is 24.5 Å². The summed E-state index contributed by atoms with van der Waals surface area (Å²) in [6, 6.07) is 12.8. The number of carbonyl (C=O) groups is 3. The number of hydrogen-bond acceptors (Lipinski definition) is 6. The molecule has 0 bridgehead atoms. The average Bonchev–Trinajstić information content (AvgIpc) is 3.20. The molecule has 1 aliphatic rings. The van der Waals surface area contributed by atoms with Crippen LogP contribution in [0.3, 0.4) is 0 Å². The molecule has 11 heteroatoms. The van der Waals surface area contributed by atoms with E-state index in [1.54, 1.807) is 24.3 Å². The first kappa shape index (κ1) is 21.5. The molecular formula is C21H11BrClN3O6. The van der Waals surface area contributed by atoms with E-state index in [4.69, 9.17) is 16.0 Å². The van der Waals surface area contributed by atoms with Gasteiger partial charge in [-0.15, -0.1) is 0 Å². The zero-order valence-electron chi connectivity index (χ0n) is 15.9. The number of anilines is 1. The third-order valence-electron chi connectivity index (χ3n) is 4.51. The summed E-state index contributed by atoms with van der Waals surface area (Å²) in [6.07, 6.45) is 1.20. The van der Waals surface area contributed by atoms with E-state index in [-0.39, 0.29) is 33.5 Å². The predicted octanol–water partition coefficient (Wildman–Crippen LogP) is 4.94. The van der Waals surface area contributed by atoms with Crippen LogP contribution in [0.1, 0.15) is 5.76 Å². The molecule has 0 aliphatic carbocycles. The van der Waals surface area contributed by atoms with Crippen molar-refractivity contribution in [3.63, 3.8) is 0 Å². The summed E-state index contributed by atoms with van der Waals surface area (Å²) >= 11 is 9.11. The van der Waals surface area contributed by atoms with Gasteiger partial charge in [0, 0.05) is 16.1 Å². The monoisotopic (exact) mass is 515 g/mol. The summed E-state index contributed by atoms with van der Waals surface area (Å²) in [5.41, 5.74) is 0.0584. The van der Waals surface area contributed by atoms with Gasteiger partial charge in [-0.1, -0.05) is 33.6 Å². The highest BCUT2D eigenvalue weighted by Gasteiger charge is 2.37. The number of nitrogens with zero attached hydrogens (tertiary/aromatic N) is 2. The zero-order valence-corrected chi connectivity index (χ0v) is 18.2. The Hall–Kier alpha value is -3.76. The quantitative estimate of drug-likeness (QED) is 0.227. The van der Waals surface area contributed by atoms with Crippen molar-refractivity contribution in [1.82, 2.24) is 5.32 Å². The Bertz CT molecular complexity index is 1330. The molecule has 4 rings (SSSR count). The minimum Gasteiger partial charge on any atom is -0.457 e. The lowest BCUT2D eigenvalue weighted by molar-refractivity contribution is -0.384. The summed E-state index contributed by atoms with van der Waals surface area (Å²) in [5.74, 6) is -1.29. The van der Waals surface area contributed by atoms with Crippen molar-refractivity contribution in [1.29, 1.82) is 0 Å². The molecule has 0 radical (unpaired) electrons. The number of halogens is 2. The van der Waals surface area contributed by atoms with Crippen molar-refractivity contribution in [2.24, 2.45) is 0 Å². The predicted molar refractivity (Wildman–Crippen MR) is 119 cm³/mol. The van der Waals surface area contributed by atoms with Crippen molar-refractivity contribution in [3.05, 3.63) is 85.5 Å². The highest BCUT2D eigenvalue weighted by molar-refractivity contribution is 9.10. The molecule has 0 atom stereocenters. The number of carbonyl (C=O) groups excluding carboxylic acids is 3. The van der Waals surface area contributed by atoms with Gasteiger partial charge in [0.1, 0.15) is 22.1 Å². The van der Waals surface area contributed by atoms with E-state index in [0.717, 1.165) is 4.90 Å². The first-order valence-corrected chi connectivity index (χ1v) is 10.1. The van der Waals surface area contributed by atoms with Crippen molar-refractivity contribution < 1.29 is 23.7 Å². The third-order valence-corrected chi connectivity index (χ3v) is 5.32. The molecule has 1 fully saturated rings. The van der Waals surface area contributed by atoms with Crippen molar-refractivity contribution in [3.8, 4) is 11.3 Å². The van der Waals surface area contributed by atoms with Crippen LogP contribution < -0.4 is 10.2 Å². The molecule has 1 saturated heterocycles. The molecule has 1 aliphatic heterocycles. The Morgan fingerprint density at radius 2 is 1.88 bits per heavy atom. The molecule has 2 heterocycles. The van der Waals surface area contributed by atoms with E-state index in [0.29, 0.717) is 10.0 Å². The number of imide groups is 2. The topological polar surface area (TPSA) is 123 Å². The summed E-state index contributed by atoms with van der Waals surface area (Å²) in [4.78, 5) is 48.8. The second-order valence-corrected chi connectivity index (χ2v) is 7.89. The van der Waals surface area contributed by atoms with Gasteiger partial charge in [-0.3, -0.25) is 25.0 Å². The summed E-state index contributed by atoms with van der Waals surface area (Å²) in [7, 11) is 0. The second kappa shape index (κ2) is 8.40. The molecule has 2 aromatic carbocycles. The molecular weight excluding hydrogens is 506 g/mol. The van der Waals surface area contributed by atoms with Crippen LogP contribution in [0.15, 0.2) is 69.1 Å². The number of urea groups is 1. The fourth-order valence-corrected chi connectivity index (χ4v) is 3.61. The Balaban J connectivity index is 1.68. The largest absolute Gasteiger partial charge is 0.457 e. The van der Waals surface area contributed by atoms with E-state index >= 15 is 0 Å². The first-order chi connectivity index (χ1) is 15.2. The summed E-state index contributed by atoms with van der Waals surface area (Å²) in [5, 5.41) is 13.2. The van der Waals surface area contributed by atoms with Crippen LogP contribution >= 0.6 is 27.5 Å². The lowest BCUT2D eigenvalue weighted by Crippen LogP contribution is -2.54. The molecule has 3 aromatic rings. The number of benzene rings is 2. The average molecular weight is 517 g/mol. The first-order valence-electron chi connectivity index (χ1n) is 8.96. The van der Waals surface area contributed by atoms with Gasteiger partial charge in [0.05, 0.1) is 10.6 Å². The van der Waals surface area contributed by atoms with Gasteiger partial charge in [-0.25, -0.2) is 9.69 Å². The normalized spacial score (nSPS) is 15.2. The fourth-order valence-electron chi connectivity index (χ4n) is 3.04. The molecule has 160 valence electrons. The Labute approximate surface area is 193 Å². The van der Waals surface area contributed by atoms with Crippen LogP contribution in [0.2, 0.25) is 5.02 Å².